The van der Waals surface area contributed by atoms with Gasteiger partial charge in [0, 0.05) is 30.5 Å². The van der Waals surface area contributed by atoms with Crippen LogP contribution in [0.25, 0.3) is 0 Å². The lowest BCUT2D eigenvalue weighted by Gasteiger charge is -2.35. The number of alkyl carbamates (subject to hydrolysis) is 1. The van der Waals surface area contributed by atoms with Gasteiger partial charge in [0.25, 0.3) is 0 Å². The molecule has 1 unspecified atom stereocenters. The summed E-state index contributed by atoms with van der Waals surface area (Å²) < 4.78 is 5.31. The Morgan fingerprint density at radius 2 is 2.19 bits per heavy atom. The lowest BCUT2D eigenvalue weighted by atomic mass is 10.0. The largest absolute Gasteiger partial charge is 0.444 e. The van der Waals surface area contributed by atoms with Crippen LogP contribution in [0.2, 0.25) is 0 Å². The summed E-state index contributed by atoms with van der Waals surface area (Å²) in [5.74, 6) is 0. The predicted octanol–water partition coefficient (Wildman–Crippen LogP) is 2.76. The van der Waals surface area contributed by atoms with Crippen molar-refractivity contribution in [3.05, 3.63) is 24.3 Å². The third-order valence-electron chi connectivity index (χ3n) is 3.38. The number of piperidine rings is 1. The molecule has 1 amide bonds. The second-order valence-corrected chi connectivity index (χ2v) is 6.53. The first-order valence-corrected chi connectivity index (χ1v) is 7.43. The van der Waals surface area contributed by atoms with Gasteiger partial charge in [-0.1, -0.05) is 6.07 Å². The van der Waals surface area contributed by atoms with Crippen LogP contribution in [0.5, 0.6) is 0 Å². The maximum atomic E-state index is 11.9. The van der Waals surface area contributed by atoms with Gasteiger partial charge >= 0.3 is 6.09 Å². The van der Waals surface area contributed by atoms with Crippen molar-refractivity contribution >= 4 is 17.5 Å². The van der Waals surface area contributed by atoms with E-state index in [1.54, 1.807) is 0 Å². The van der Waals surface area contributed by atoms with Crippen LogP contribution in [-0.4, -0.2) is 30.8 Å². The number of anilines is 2. The average Bonchev–Trinajstić information content (AvgIpc) is 2.36. The fourth-order valence-electron chi connectivity index (χ4n) is 2.53. The van der Waals surface area contributed by atoms with Crippen LogP contribution >= 0.6 is 0 Å². The first-order valence-electron chi connectivity index (χ1n) is 7.43. The molecule has 3 N–H and O–H groups in total. The lowest BCUT2D eigenvalue weighted by Crippen LogP contribution is -2.49. The van der Waals surface area contributed by atoms with E-state index in [2.05, 4.69) is 10.2 Å². The predicted molar refractivity (Wildman–Crippen MR) is 85.5 cm³/mol. The van der Waals surface area contributed by atoms with Crippen molar-refractivity contribution in [3.63, 3.8) is 0 Å². The smallest absolute Gasteiger partial charge is 0.407 e. The zero-order valence-electron chi connectivity index (χ0n) is 13.1. The summed E-state index contributed by atoms with van der Waals surface area (Å²) in [6, 6.07) is 7.96. The second kappa shape index (κ2) is 6.24. The molecule has 0 bridgehead atoms. The number of nitrogens with two attached hydrogens (primary N) is 1. The molecule has 1 aromatic rings. The van der Waals surface area contributed by atoms with E-state index in [9.17, 15) is 4.79 Å². The lowest BCUT2D eigenvalue weighted by molar-refractivity contribution is 0.0500. The molecular weight excluding hydrogens is 266 g/mol. The molecule has 1 aliphatic rings. The molecule has 0 saturated carbocycles. The number of ether oxygens (including phenoxy) is 1. The van der Waals surface area contributed by atoms with Gasteiger partial charge in [0.2, 0.25) is 0 Å². The third kappa shape index (κ3) is 4.85. The first-order chi connectivity index (χ1) is 9.83. The Morgan fingerprint density at radius 1 is 1.43 bits per heavy atom. The minimum atomic E-state index is -0.466. The molecule has 1 atom stereocenters. The highest BCUT2D eigenvalue weighted by molar-refractivity contribution is 5.68. The van der Waals surface area contributed by atoms with E-state index in [-0.39, 0.29) is 12.1 Å². The Balaban J connectivity index is 1.93. The Hall–Kier alpha value is -1.91. The van der Waals surface area contributed by atoms with Crippen LogP contribution in [-0.2, 0) is 4.74 Å². The normalized spacial score (nSPS) is 19.2. The minimum Gasteiger partial charge on any atom is -0.444 e. The quantitative estimate of drug-likeness (QED) is 0.822. The molecule has 5 heteroatoms. The Kier molecular flexibility index (Phi) is 4.60. The van der Waals surface area contributed by atoms with Gasteiger partial charge < -0.3 is 20.7 Å². The van der Waals surface area contributed by atoms with Gasteiger partial charge in [-0.3, -0.25) is 0 Å². The number of benzene rings is 1. The van der Waals surface area contributed by atoms with Crippen LogP contribution in [0.1, 0.15) is 33.6 Å². The van der Waals surface area contributed by atoms with E-state index in [1.807, 2.05) is 45.0 Å². The molecule has 0 aromatic heterocycles. The standard InChI is InChI=1S/C16H25N3O2/c1-16(2,3)21-15(20)18-13-7-5-9-19(11-13)14-8-4-6-12(17)10-14/h4,6,8,10,13H,5,7,9,11,17H2,1-3H3,(H,18,20). The molecule has 0 aliphatic carbocycles. The number of rotatable bonds is 2. The van der Waals surface area contributed by atoms with Crippen molar-refractivity contribution in [2.45, 2.75) is 45.3 Å². The van der Waals surface area contributed by atoms with E-state index in [0.717, 1.165) is 37.3 Å². The van der Waals surface area contributed by atoms with Crippen molar-refractivity contribution in [3.8, 4) is 0 Å². The molecule has 21 heavy (non-hydrogen) atoms. The van der Waals surface area contributed by atoms with E-state index in [0.29, 0.717) is 0 Å². The number of amides is 1. The summed E-state index contributed by atoms with van der Waals surface area (Å²) in [5, 5.41) is 2.96. The monoisotopic (exact) mass is 291 g/mol. The molecule has 116 valence electrons. The van der Waals surface area contributed by atoms with Gasteiger partial charge in [0.1, 0.15) is 5.60 Å². The van der Waals surface area contributed by atoms with Gasteiger partial charge in [0.15, 0.2) is 0 Å². The van der Waals surface area contributed by atoms with Gasteiger partial charge in [0.05, 0.1) is 0 Å². The molecule has 5 nitrogen and oxygen atoms in total. The van der Waals surface area contributed by atoms with Crippen molar-refractivity contribution < 1.29 is 9.53 Å². The summed E-state index contributed by atoms with van der Waals surface area (Å²) in [5.41, 5.74) is 7.23. The molecule has 1 saturated heterocycles. The Labute approximate surface area is 126 Å². The highest BCUT2D eigenvalue weighted by Crippen LogP contribution is 2.22. The fraction of sp³-hybridized carbons (Fsp3) is 0.562. The second-order valence-electron chi connectivity index (χ2n) is 6.53. The molecular formula is C16H25N3O2. The molecule has 2 rings (SSSR count). The number of hydrogen-bond donors (Lipinski definition) is 2. The maximum absolute atomic E-state index is 11.9. The first kappa shape index (κ1) is 15.5. The number of carbonyl (C=O) groups excluding carboxylic acids is 1. The van der Waals surface area contributed by atoms with Gasteiger partial charge in [-0.15, -0.1) is 0 Å². The van der Waals surface area contributed by atoms with Crippen LogP contribution in [0, 0.1) is 0 Å². The fourth-order valence-corrected chi connectivity index (χ4v) is 2.53. The number of hydrogen-bond acceptors (Lipinski definition) is 4. The van der Waals surface area contributed by atoms with Gasteiger partial charge in [-0.25, -0.2) is 4.79 Å². The number of nitrogen functional groups attached to an aromatic ring is 1. The van der Waals surface area contributed by atoms with Crippen LogP contribution in [0.15, 0.2) is 24.3 Å². The molecule has 1 heterocycles. The molecule has 1 aromatic carbocycles. The zero-order chi connectivity index (χ0) is 15.5. The Morgan fingerprint density at radius 3 is 2.86 bits per heavy atom. The van der Waals surface area contributed by atoms with Crippen molar-refractivity contribution in [2.75, 3.05) is 23.7 Å². The molecule has 0 radical (unpaired) electrons. The topological polar surface area (TPSA) is 67.6 Å². The minimum absolute atomic E-state index is 0.107. The van der Waals surface area contributed by atoms with Crippen molar-refractivity contribution in [1.29, 1.82) is 0 Å². The third-order valence-corrected chi connectivity index (χ3v) is 3.38. The Bertz CT molecular complexity index is 497. The summed E-state index contributed by atoms with van der Waals surface area (Å²) in [7, 11) is 0. The van der Waals surface area contributed by atoms with Crippen LogP contribution in [0.3, 0.4) is 0 Å². The summed E-state index contributed by atoms with van der Waals surface area (Å²) in [6.07, 6.45) is 1.66. The average molecular weight is 291 g/mol. The molecule has 0 spiro atoms. The van der Waals surface area contributed by atoms with Gasteiger partial charge in [-0.05, 0) is 51.8 Å². The van der Waals surface area contributed by atoms with E-state index in [4.69, 9.17) is 10.5 Å². The highest BCUT2D eigenvalue weighted by atomic mass is 16.6. The van der Waals surface area contributed by atoms with Crippen LogP contribution < -0.4 is 16.0 Å². The molecule has 1 fully saturated rings. The van der Waals surface area contributed by atoms with Crippen molar-refractivity contribution in [1.82, 2.24) is 5.32 Å². The number of nitrogens with one attached hydrogen (secondary N) is 1. The number of nitrogens with zero attached hydrogens (tertiary/aromatic N) is 1. The summed E-state index contributed by atoms with van der Waals surface area (Å²) in [6.45, 7) is 7.37. The highest BCUT2D eigenvalue weighted by Gasteiger charge is 2.24. The SMILES string of the molecule is CC(C)(C)OC(=O)NC1CCCN(c2cccc(N)c2)C1. The van der Waals surface area contributed by atoms with E-state index in [1.165, 1.54) is 0 Å². The van der Waals surface area contributed by atoms with Gasteiger partial charge in [-0.2, -0.15) is 0 Å². The van der Waals surface area contributed by atoms with E-state index < -0.39 is 5.60 Å². The van der Waals surface area contributed by atoms with Crippen LogP contribution in [0.4, 0.5) is 16.2 Å². The summed E-state index contributed by atoms with van der Waals surface area (Å²) in [4.78, 5) is 14.1. The summed E-state index contributed by atoms with van der Waals surface area (Å²) >= 11 is 0. The van der Waals surface area contributed by atoms with Crippen molar-refractivity contribution in [2.24, 2.45) is 0 Å². The van der Waals surface area contributed by atoms with E-state index >= 15 is 0 Å². The maximum Gasteiger partial charge on any atom is 0.407 e. The number of carbonyl (C=O) groups is 1. The molecule has 1 aliphatic heterocycles. The zero-order valence-corrected chi connectivity index (χ0v) is 13.1.